The molecule has 3 heterocycles. The maximum Gasteiger partial charge on any atom is 0.179 e. The van der Waals surface area contributed by atoms with Gasteiger partial charge in [0.1, 0.15) is 5.52 Å². The number of imidazole rings is 1. The van der Waals surface area contributed by atoms with E-state index in [0.717, 1.165) is 28.0 Å². The predicted molar refractivity (Wildman–Crippen MR) is 90.6 cm³/mol. The Kier molecular flexibility index (Phi) is 3.75. The molecule has 4 nitrogen and oxygen atoms in total. The van der Waals surface area contributed by atoms with Crippen LogP contribution in [-0.4, -0.2) is 19.3 Å². The molecule has 0 aliphatic carbocycles. The molecule has 1 atom stereocenters. The largest absolute Gasteiger partial charge is 0.328 e. The summed E-state index contributed by atoms with van der Waals surface area (Å²) in [6.07, 6.45) is 0.901. The number of H-pyrrole nitrogens is 1. The molecule has 0 amide bonds. The van der Waals surface area contributed by atoms with Crippen molar-refractivity contribution in [3.63, 3.8) is 0 Å². The van der Waals surface area contributed by atoms with E-state index in [0.29, 0.717) is 5.92 Å². The summed E-state index contributed by atoms with van der Waals surface area (Å²) in [6.45, 7) is 6.60. The van der Waals surface area contributed by atoms with Gasteiger partial charge in [-0.05, 0) is 36.0 Å². The van der Waals surface area contributed by atoms with Gasteiger partial charge in [0.15, 0.2) is 10.4 Å². The SMILES string of the molecule is CCc1nn(C)c2c1[nH]c(=S)n2C(c1cccs1)C(C)C. The van der Waals surface area contributed by atoms with E-state index in [1.165, 1.54) is 4.88 Å². The van der Waals surface area contributed by atoms with E-state index < -0.39 is 0 Å². The Labute approximate surface area is 133 Å². The van der Waals surface area contributed by atoms with Crippen molar-refractivity contribution in [2.24, 2.45) is 13.0 Å². The third-order valence-electron chi connectivity index (χ3n) is 3.85. The van der Waals surface area contributed by atoms with Crippen molar-refractivity contribution in [1.82, 2.24) is 19.3 Å². The van der Waals surface area contributed by atoms with Gasteiger partial charge in [-0.25, -0.2) is 0 Å². The van der Waals surface area contributed by atoms with Crippen LogP contribution >= 0.6 is 23.6 Å². The zero-order valence-electron chi connectivity index (χ0n) is 12.8. The molecule has 0 radical (unpaired) electrons. The van der Waals surface area contributed by atoms with Crippen molar-refractivity contribution in [3.05, 3.63) is 32.9 Å². The Morgan fingerprint density at radius 3 is 2.76 bits per heavy atom. The Hall–Kier alpha value is -1.40. The molecule has 0 spiro atoms. The molecule has 21 heavy (non-hydrogen) atoms. The van der Waals surface area contributed by atoms with Crippen LogP contribution in [0.15, 0.2) is 17.5 Å². The van der Waals surface area contributed by atoms with Gasteiger partial charge in [0.05, 0.1) is 11.7 Å². The lowest BCUT2D eigenvalue weighted by molar-refractivity contribution is 0.442. The number of fused-ring (bicyclic) bond motifs is 1. The van der Waals surface area contributed by atoms with Crippen LogP contribution in [-0.2, 0) is 13.5 Å². The number of aromatic nitrogens is 4. The van der Waals surface area contributed by atoms with E-state index in [9.17, 15) is 0 Å². The molecular formula is C15H20N4S2. The highest BCUT2D eigenvalue weighted by atomic mass is 32.1. The molecule has 0 bridgehead atoms. The van der Waals surface area contributed by atoms with Gasteiger partial charge in [-0.2, -0.15) is 5.10 Å². The summed E-state index contributed by atoms with van der Waals surface area (Å²) in [5.74, 6) is 0.453. The van der Waals surface area contributed by atoms with E-state index in [1.54, 1.807) is 11.3 Å². The molecule has 1 unspecified atom stereocenters. The fraction of sp³-hybridized carbons (Fsp3) is 0.467. The lowest BCUT2D eigenvalue weighted by Gasteiger charge is -2.22. The van der Waals surface area contributed by atoms with Crippen LogP contribution in [0.4, 0.5) is 0 Å². The monoisotopic (exact) mass is 320 g/mol. The Morgan fingerprint density at radius 2 is 2.19 bits per heavy atom. The Morgan fingerprint density at radius 1 is 1.43 bits per heavy atom. The van der Waals surface area contributed by atoms with Crippen molar-refractivity contribution in [2.45, 2.75) is 33.2 Å². The lowest BCUT2D eigenvalue weighted by atomic mass is 10.0. The van der Waals surface area contributed by atoms with Crippen LogP contribution in [0.3, 0.4) is 0 Å². The van der Waals surface area contributed by atoms with E-state index in [1.807, 2.05) is 11.7 Å². The number of nitrogens with one attached hydrogen (secondary N) is 1. The van der Waals surface area contributed by atoms with Crippen LogP contribution in [0.25, 0.3) is 11.2 Å². The Balaban J connectivity index is 2.30. The summed E-state index contributed by atoms with van der Waals surface area (Å²) in [5.41, 5.74) is 3.24. The standard InChI is InChI=1S/C15H20N4S2/c1-5-10-12-14(18(4)17-10)19(15(20)16-12)13(9(2)3)11-7-6-8-21-11/h6-9,13H,5H2,1-4H3,(H,16,20). The van der Waals surface area contributed by atoms with Gasteiger partial charge in [0, 0.05) is 11.9 Å². The minimum atomic E-state index is 0.242. The number of aromatic amines is 1. The second-order valence-electron chi connectivity index (χ2n) is 5.63. The minimum absolute atomic E-state index is 0.242. The highest BCUT2D eigenvalue weighted by Gasteiger charge is 2.25. The molecule has 0 aromatic carbocycles. The average molecular weight is 320 g/mol. The maximum absolute atomic E-state index is 5.61. The zero-order chi connectivity index (χ0) is 15.1. The van der Waals surface area contributed by atoms with Crippen LogP contribution in [0.2, 0.25) is 0 Å². The summed E-state index contributed by atoms with van der Waals surface area (Å²) in [7, 11) is 1.99. The number of hydrogen-bond acceptors (Lipinski definition) is 3. The predicted octanol–water partition coefficient (Wildman–Crippen LogP) is 4.30. The normalized spacial score (nSPS) is 13.4. The molecule has 0 saturated heterocycles. The zero-order valence-corrected chi connectivity index (χ0v) is 14.4. The first-order valence-electron chi connectivity index (χ1n) is 7.24. The van der Waals surface area contributed by atoms with E-state index in [2.05, 4.69) is 52.9 Å². The molecule has 1 N–H and O–H groups in total. The third kappa shape index (κ3) is 2.26. The Bertz CT molecular complexity index is 805. The number of hydrogen-bond donors (Lipinski definition) is 1. The summed E-state index contributed by atoms with van der Waals surface area (Å²) in [5, 5.41) is 6.74. The van der Waals surface area contributed by atoms with Crippen molar-refractivity contribution >= 4 is 34.7 Å². The van der Waals surface area contributed by atoms with Crippen molar-refractivity contribution < 1.29 is 0 Å². The maximum atomic E-state index is 5.61. The number of nitrogens with zero attached hydrogens (tertiary/aromatic N) is 3. The van der Waals surface area contributed by atoms with E-state index in [-0.39, 0.29) is 6.04 Å². The number of rotatable bonds is 4. The fourth-order valence-electron chi connectivity index (χ4n) is 2.96. The van der Waals surface area contributed by atoms with Gasteiger partial charge in [-0.3, -0.25) is 9.25 Å². The van der Waals surface area contributed by atoms with Gasteiger partial charge < -0.3 is 4.98 Å². The second kappa shape index (κ2) is 5.42. The third-order valence-corrected chi connectivity index (χ3v) is 5.09. The minimum Gasteiger partial charge on any atom is -0.328 e. The second-order valence-corrected chi connectivity index (χ2v) is 6.99. The van der Waals surface area contributed by atoms with Crippen LogP contribution in [0.1, 0.15) is 37.4 Å². The fourth-order valence-corrected chi connectivity index (χ4v) is 4.25. The first-order chi connectivity index (χ1) is 10.0. The van der Waals surface area contributed by atoms with Crippen molar-refractivity contribution in [3.8, 4) is 0 Å². The summed E-state index contributed by atoms with van der Waals surface area (Å²) < 4.78 is 4.95. The van der Waals surface area contributed by atoms with E-state index in [4.69, 9.17) is 12.2 Å². The van der Waals surface area contributed by atoms with Gasteiger partial charge >= 0.3 is 0 Å². The average Bonchev–Trinajstić information content (AvgIpc) is 3.11. The molecule has 3 aromatic rings. The number of thiophene rings is 1. The lowest BCUT2D eigenvalue weighted by Crippen LogP contribution is -2.17. The first kappa shape index (κ1) is 14.5. The number of aryl methyl sites for hydroxylation is 2. The van der Waals surface area contributed by atoms with Gasteiger partial charge in [-0.15, -0.1) is 11.3 Å². The van der Waals surface area contributed by atoms with Crippen molar-refractivity contribution in [1.29, 1.82) is 0 Å². The molecular weight excluding hydrogens is 300 g/mol. The smallest absolute Gasteiger partial charge is 0.179 e. The molecule has 3 rings (SSSR count). The highest BCUT2D eigenvalue weighted by molar-refractivity contribution is 7.71. The molecule has 0 fully saturated rings. The van der Waals surface area contributed by atoms with Crippen LogP contribution < -0.4 is 0 Å². The van der Waals surface area contributed by atoms with Crippen LogP contribution in [0.5, 0.6) is 0 Å². The van der Waals surface area contributed by atoms with Gasteiger partial charge in [0.25, 0.3) is 0 Å². The van der Waals surface area contributed by atoms with Crippen molar-refractivity contribution in [2.75, 3.05) is 0 Å². The summed E-state index contributed by atoms with van der Waals surface area (Å²) in [6, 6.07) is 4.53. The molecule has 0 saturated carbocycles. The van der Waals surface area contributed by atoms with Crippen LogP contribution in [0, 0.1) is 10.7 Å². The summed E-state index contributed by atoms with van der Waals surface area (Å²) >= 11 is 7.40. The summed E-state index contributed by atoms with van der Waals surface area (Å²) in [4.78, 5) is 4.70. The first-order valence-corrected chi connectivity index (χ1v) is 8.52. The van der Waals surface area contributed by atoms with Gasteiger partial charge in [0.2, 0.25) is 0 Å². The quantitative estimate of drug-likeness (QED) is 0.728. The molecule has 0 aliphatic heterocycles. The molecule has 6 heteroatoms. The molecule has 0 aliphatic rings. The molecule has 3 aromatic heterocycles. The highest BCUT2D eigenvalue weighted by Crippen LogP contribution is 2.33. The van der Waals surface area contributed by atoms with Gasteiger partial charge in [-0.1, -0.05) is 26.8 Å². The topological polar surface area (TPSA) is 38.5 Å². The molecule has 112 valence electrons. The van der Waals surface area contributed by atoms with E-state index >= 15 is 0 Å².